The van der Waals surface area contributed by atoms with E-state index in [9.17, 15) is 14.5 Å². The number of nitro groups is 1. The molecule has 2 aromatic carbocycles. The van der Waals surface area contributed by atoms with E-state index in [0.717, 1.165) is 5.56 Å². The fraction of sp³-hybridized carbons (Fsp3) is 0.0769. The molecule has 1 N–H and O–H groups in total. The Kier molecular flexibility index (Phi) is 4.57. The number of hydrogen-bond acceptors (Lipinski definition) is 3. The molecule has 0 bridgehead atoms. The molecular weight excluding hydrogens is 351 g/mol. The second-order valence-corrected chi connectivity index (χ2v) is 5.29. The van der Waals surface area contributed by atoms with Crippen molar-refractivity contribution in [2.75, 3.05) is 5.32 Å². The Hall–Kier alpha value is -1.66. The van der Waals surface area contributed by atoms with E-state index in [2.05, 4.69) is 21.2 Å². The molecule has 0 amide bonds. The normalized spacial score (nSPS) is 10.3. The first kappa shape index (κ1) is 14.7. The van der Waals surface area contributed by atoms with Gasteiger partial charge in [0.25, 0.3) is 5.69 Å². The van der Waals surface area contributed by atoms with Gasteiger partial charge in [-0.25, -0.2) is 4.39 Å². The topological polar surface area (TPSA) is 55.2 Å². The van der Waals surface area contributed by atoms with E-state index in [1.807, 2.05) is 0 Å². The molecule has 7 heteroatoms. The molecule has 2 rings (SSSR count). The fourth-order valence-corrected chi connectivity index (χ4v) is 2.35. The summed E-state index contributed by atoms with van der Waals surface area (Å²) in [5.74, 6) is -0.464. The molecule has 0 heterocycles. The van der Waals surface area contributed by atoms with Crippen LogP contribution in [0.15, 0.2) is 40.9 Å². The second kappa shape index (κ2) is 6.19. The average Bonchev–Trinajstić information content (AvgIpc) is 2.40. The van der Waals surface area contributed by atoms with Crippen molar-refractivity contribution in [1.29, 1.82) is 0 Å². The lowest BCUT2D eigenvalue weighted by atomic mass is 10.2. The monoisotopic (exact) mass is 358 g/mol. The minimum atomic E-state index is -0.465. The molecule has 0 unspecified atom stereocenters. The minimum absolute atomic E-state index is 0.000349. The number of nitro benzene ring substituents is 1. The van der Waals surface area contributed by atoms with Gasteiger partial charge >= 0.3 is 0 Å². The van der Waals surface area contributed by atoms with Crippen LogP contribution in [0.5, 0.6) is 0 Å². The van der Waals surface area contributed by atoms with Crippen LogP contribution < -0.4 is 5.32 Å². The Morgan fingerprint density at radius 3 is 2.65 bits per heavy atom. The molecule has 0 saturated heterocycles. The molecule has 0 aromatic heterocycles. The SMILES string of the molecule is O=[N+]([O-])c1ccc(NCc2ccc(F)c(Cl)c2)cc1Br. The summed E-state index contributed by atoms with van der Waals surface area (Å²) in [7, 11) is 0. The summed E-state index contributed by atoms with van der Waals surface area (Å²) in [5, 5.41) is 13.8. The van der Waals surface area contributed by atoms with E-state index >= 15 is 0 Å². The van der Waals surface area contributed by atoms with Gasteiger partial charge in [0, 0.05) is 18.3 Å². The Morgan fingerprint density at radius 1 is 1.30 bits per heavy atom. The molecular formula is C13H9BrClFN2O2. The average molecular weight is 360 g/mol. The summed E-state index contributed by atoms with van der Waals surface area (Å²) in [4.78, 5) is 10.2. The summed E-state index contributed by atoms with van der Waals surface area (Å²) < 4.78 is 13.4. The third-order valence-corrected chi connectivity index (χ3v) is 3.55. The van der Waals surface area contributed by atoms with E-state index in [1.54, 1.807) is 18.2 Å². The quantitative estimate of drug-likeness (QED) is 0.632. The van der Waals surface area contributed by atoms with E-state index in [-0.39, 0.29) is 10.7 Å². The lowest BCUT2D eigenvalue weighted by Crippen LogP contribution is -2.00. The highest BCUT2D eigenvalue weighted by atomic mass is 79.9. The van der Waals surface area contributed by atoms with Gasteiger partial charge in [-0.05, 0) is 45.8 Å². The number of halogens is 3. The number of nitrogens with zero attached hydrogens (tertiary/aromatic N) is 1. The Bertz CT molecular complexity index is 667. The van der Waals surface area contributed by atoms with Crippen LogP contribution in [0.4, 0.5) is 15.8 Å². The molecule has 104 valence electrons. The molecule has 0 aliphatic rings. The third kappa shape index (κ3) is 3.46. The summed E-state index contributed by atoms with van der Waals surface area (Å²) in [6, 6.07) is 9.07. The first-order valence-electron chi connectivity index (χ1n) is 5.59. The van der Waals surface area contributed by atoms with Gasteiger partial charge in [0.2, 0.25) is 0 Å². The lowest BCUT2D eigenvalue weighted by Gasteiger charge is -2.08. The number of nitrogens with one attached hydrogen (secondary N) is 1. The Morgan fingerprint density at radius 2 is 2.05 bits per heavy atom. The molecule has 2 aromatic rings. The molecule has 0 saturated carbocycles. The predicted octanol–water partition coefficient (Wildman–Crippen LogP) is 4.76. The van der Waals surface area contributed by atoms with Crippen molar-refractivity contribution in [2.24, 2.45) is 0 Å². The smallest absolute Gasteiger partial charge is 0.283 e. The minimum Gasteiger partial charge on any atom is -0.381 e. The van der Waals surface area contributed by atoms with Crippen LogP contribution >= 0.6 is 27.5 Å². The van der Waals surface area contributed by atoms with Crippen molar-refractivity contribution in [3.63, 3.8) is 0 Å². The van der Waals surface area contributed by atoms with Gasteiger partial charge in [-0.1, -0.05) is 17.7 Å². The van der Waals surface area contributed by atoms with Gasteiger partial charge in [-0.15, -0.1) is 0 Å². The summed E-state index contributed by atoms with van der Waals surface area (Å²) in [6.45, 7) is 0.435. The van der Waals surface area contributed by atoms with Crippen molar-refractivity contribution in [3.8, 4) is 0 Å². The van der Waals surface area contributed by atoms with Crippen molar-refractivity contribution in [2.45, 2.75) is 6.54 Å². The van der Waals surface area contributed by atoms with E-state index < -0.39 is 10.7 Å². The maximum Gasteiger partial charge on any atom is 0.283 e. The van der Waals surface area contributed by atoms with Crippen molar-refractivity contribution >= 4 is 38.9 Å². The van der Waals surface area contributed by atoms with Crippen molar-refractivity contribution in [1.82, 2.24) is 0 Å². The molecule has 0 fully saturated rings. The zero-order valence-corrected chi connectivity index (χ0v) is 12.4. The molecule has 0 aliphatic heterocycles. The Labute approximate surface area is 127 Å². The molecule has 0 spiro atoms. The lowest BCUT2D eigenvalue weighted by molar-refractivity contribution is -0.385. The molecule has 20 heavy (non-hydrogen) atoms. The zero-order chi connectivity index (χ0) is 14.7. The highest BCUT2D eigenvalue weighted by molar-refractivity contribution is 9.10. The van der Waals surface area contributed by atoms with Gasteiger partial charge in [0.1, 0.15) is 5.82 Å². The number of hydrogen-bond donors (Lipinski definition) is 1. The largest absolute Gasteiger partial charge is 0.381 e. The van der Waals surface area contributed by atoms with Crippen LogP contribution in [-0.2, 0) is 6.54 Å². The molecule has 0 radical (unpaired) electrons. The molecule has 0 aliphatic carbocycles. The van der Waals surface area contributed by atoms with Crippen LogP contribution in [0.3, 0.4) is 0 Å². The second-order valence-electron chi connectivity index (χ2n) is 4.03. The van der Waals surface area contributed by atoms with Crippen molar-refractivity contribution < 1.29 is 9.31 Å². The van der Waals surface area contributed by atoms with Gasteiger partial charge < -0.3 is 5.32 Å². The summed E-state index contributed by atoms with van der Waals surface area (Å²) in [5.41, 5.74) is 1.52. The molecule has 4 nitrogen and oxygen atoms in total. The van der Waals surface area contributed by atoms with Gasteiger partial charge in [0.15, 0.2) is 0 Å². The van der Waals surface area contributed by atoms with Gasteiger partial charge in [-0.2, -0.15) is 0 Å². The van der Waals surface area contributed by atoms with Gasteiger partial charge in [-0.3, -0.25) is 10.1 Å². The molecule has 0 atom stereocenters. The highest BCUT2D eigenvalue weighted by Gasteiger charge is 2.11. The van der Waals surface area contributed by atoms with Crippen LogP contribution in [0.25, 0.3) is 0 Å². The van der Waals surface area contributed by atoms with Crippen LogP contribution in [0.2, 0.25) is 5.02 Å². The first-order chi connectivity index (χ1) is 9.47. The van der Waals surface area contributed by atoms with Crippen LogP contribution in [0, 0.1) is 15.9 Å². The number of rotatable bonds is 4. The third-order valence-electron chi connectivity index (χ3n) is 2.63. The van der Waals surface area contributed by atoms with E-state index in [0.29, 0.717) is 16.7 Å². The van der Waals surface area contributed by atoms with Gasteiger partial charge in [0.05, 0.1) is 14.4 Å². The van der Waals surface area contributed by atoms with Crippen LogP contribution in [0.1, 0.15) is 5.56 Å². The highest BCUT2D eigenvalue weighted by Crippen LogP contribution is 2.28. The maximum absolute atomic E-state index is 13.0. The maximum atomic E-state index is 13.0. The standard InChI is InChI=1S/C13H9BrClFN2O2/c14-10-6-9(2-4-13(10)18(19)20)17-7-8-1-3-12(16)11(15)5-8/h1-6,17H,7H2. The van der Waals surface area contributed by atoms with Crippen molar-refractivity contribution in [3.05, 3.63) is 67.4 Å². The summed E-state index contributed by atoms with van der Waals surface area (Å²) >= 11 is 8.83. The van der Waals surface area contributed by atoms with E-state index in [4.69, 9.17) is 11.6 Å². The van der Waals surface area contributed by atoms with Crippen LogP contribution in [-0.4, -0.2) is 4.92 Å². The first-order valence-corrected chi connectivity index (χ1v) is 6.76. The zero-order valence-electron chi connectivity index (χ0n) is 10.1. The predicted molar refractivity (Wildman–Crippen MR) is 79.5 cm³/mol. The summed E-state index contributed by atoms with van der Waals surface area (Å²) in [6.07, 6.45) is 0. The van der Waals surface area contributed by atoms with E-state index in [1.165, 1.54) is 18.2 Å². The number of benzene rings is 2. The fourth-order valence-electron chi connectivity index (χ4n) is 1.62. The number of anilines is 1. The Balaban J connectivity index is 2.09.